The second kappa shape index (κ2) is 7.33. The van der Waals surface area contributed by atoms with E-state index in [9.17, 15) is 9.59 Å². The van der Waals surface area contributed by atoms with Crippen molar-refractivity contribution in [2.45, 2.75) is 25.7 Å². The van der Waals surface area contributed by atoms with Gasteiger partial charge in [0.2, 0.25) is 0 Å². The summed E-state index contributed by atoms with van der Waals surface area (Å²) in [5, 5.41) is 11.0. The van der Waals surface area contributed by atoms with E-state index < -0.39 is 11.9 Å². The van der Waals surface area contributed by atoms with Gasteiger partial charge in [0.15, 0.2) is 0 Å². The molecule has 4 nitrogen and oxygen atoms in total. The fourth-order valence-electron chi connectivity index (χ4n) is 3.56. The summed E-state index contributed by atoms with van der Waals surface area (Å²) in [4.78, 5) is 24.9. The number of carboxylic acid groups (broad SMARTS) is 1. The molecule has 0 bridgehead atoms. The summed E-state index contributed by atoms with van der Waals surface area (Å²) in [5.41, 5.74) is 4.02. The molecule has 1 N–H and O–H groups in total. The molecule has 5 heteroatoms. The van der Waals surface area contributed by atoms with Crippen molar-refractivity contribution >= 4 is 28.8 Å². The molecule has 0 radical (unpaired) electrons. The Labute approximate surface area is 173 Å². The number of hydrogen-bond acceptors (Lipinski definition) is 4. The van der Waals surface area contributed by atoms with Crippen molar-refractivity contribution in [1.29, 1.82) is 0 Å². The van der Waals surface area contributed by atoms with Crippen LogP contribution in [0.4, 0.5) is 0 Å². The smallest absolute Gasteiger partial charge is 0.343 e. The Morgan fingerprint density at radius 2 is 1.76 bits per heavy atom. The molecule has 0 atom stereocenters. The lowest BCUT2D eigenvalue weighted by Gasteiger charge is -2.32. The standard InChI is InChI=1S/C24H20O4S/c1-24(2)12-11-18(21-4-3-13-29-21)19-14-16(7-10-20(19)24)23(27)28-17-8-5-15(6-9-17)22(25)26/h3-11,13-14H,12H2,1-2H3,(H,25,26). The number of benzene rings is 2. The first-order valence-electron chi connectivity index (χ1n) is 9.30. The van der Waals surface area contributed by atoms with E-state index in [0.29, 0.717) is 11.3 Å². The summed E-state index contributed by atoms with van der Waals surface area (Å²) in [5.74, 6) is -1.18. The van der Waals surface area contributed by atoms with E-state index in [-0.39, 0.29) is 11.0 Å². The molecule has 1 aliphatic carbocycles. The van der Waals surface area contributed by atoms with Crippen molar-refractivity contribution in [3.05, 3.63) is 93.2 Å². The summed E-state index contributed by atoms with van der Waals surface area (Å²) in [6.07, 6.45) is 3.18. The van der Waals surface area contributed by atoms with Gasteiger partial charge >= 0.3 is 11.9 Å². The van der Waals surface area contributed by atoms with E-state index in [1.54, 1.807) is 17.4 Å². The third-order valence-corrected chi connectivity index (χ3v) is 6.09. The Balaban J connectivity index is 1.66. The fraction of sp³-hybridized carbons (Fsp3) is 0.167. The zero-order chi connectivity index (χ0) is 20.6. The number of aromatic carboxylic acids is 1. The van der Waals surface area contributed by atoms with Gasteiger partial charge in [-0.05, 0) is 76.4 Å². The van der Waals surface area contributed by atoms with Crippen molar-refractivity contribution < 1.29 is 19.4 Å². The largest absolute Gasteiger partial charge is 0.478 e. The van der Waals surface area contributed by atoms with Crippen LogP contribution in [0, 0.1) is 0 Å². The van der Waals surface area contributed by atoms with Crippen LogP contribution in [0.25, 0.3) is 5.57 Å². The Bertz CT molecular complexity index is 1110. The predicted octanol–water partition coefficient (Wildman–Crippen LogP) is 5.78. The first-order valence-corrected chi connectivity index (χ1v) is 10.2. The quantitative estimate of drug-likeness (QED) is 0.442. The second-order valence-corrected chi connectivity index (χ2v) is 8.61. The minimum absolute atomic E-state index is 0.00874. The number of allylic oxidation sites excluding steroid dienone is 1. The molecule has 0 spiro atoms. The maximum absolute atomic E-state index is 12.7. The topological polar surface area (TPSA) is 63.6 Å². The Morgan fingerprint density at radius 3 is 2.41 bits per heavy atom. The number of rotatable bonds is 4. The Kier molecular flexibility index (Phi) is 4.84. The number of thiophene rings is 1. The lowest BCUT2D eigenvalue weighted by Crippen LogP contribution is -2.22. The van der Waals surface area contributed by atoms with Crippen LogP contribution in [0.3, 0.4) is 0 Å². The van der Waals surface area contributed by atoms with Gasteiger partial charge in [-0.15, -0.1) is 11.3 Å². The fourth-order valence-corrected chi connectivity index (χ4v) is 4.34. The SMILES string of the molecule is CC1(C)CC=C(c2cccs2)c2cc(C(=O)Oc3ccc(C(=O)O)cc3)ccc21. The highest BCUT2D eigenvalue weighted by Gasteiger charge is 2.29. The molecule has 1 heterocycles. The Morgan fingerprint density at radius 1 is 1.03 bits per heavy atom. The molecule has 2 aromatic carbocycles. The van der Waals surface area contributed by atoms with Crippen molar-refractivity contribution in [2.24, 2.45) is 0 Å². The summed E-state index contributed by atoms with van der Waals surface area (Å²) in [6.45, 7) is 4.41. The van der Waals surface area contributed by atoms with E-state index in [4.69, 9.17) is 9.84 Å². The maximum Gasteiger partial charge on any atom is 0.343 e. The highest BCUT2D eigenvalue weighted by Crippen LogP contribution is 2.42. The molecule has 0 amide bonds. The van der Waals surface area contributed by atoms with Crippen LogP contribution in [-0.2, 0) is 5.41 Å². The zero-order valence-corrected chi connectivity index (χ0v) is 17.0. The molecule has 0 fully saturated rings. The maximum atomic E-state index is 12.7. The van der Waals surface area contributed by atoms with Gasteiger partial charge in [-0.3, -0.25) is 0 Å². The third-order valence-electron chi connectivity index (χ3n) is 5.19. The summed E-state index contributed by atoms with van der Waals surface area (Å²) >= 11 is 1.68. The van der Waals surface area contributed by atoms with Crippen LogP contribution in [0.2, 0.25) is 0 Å². The van der Waals surface area contributed by atoms with Gasteiger partial charge in [0.05, 0.1) is 11.1 Å². The molecule has 4 rings (SSSR count). The van der Waals surface area contributed by atoms with E-state index in [1.165, 1.54) is 34.7 Å². The van der Waals surface area contributed by atoms with Gasteiger partial charge in [-0.2, -0.15) is 0 Å². The van der Waals surface area contributed by atoms with E-state index in [1.807, 2.05) is 18.2 Å². The molecule has 146 valence electrons. The lowest BCUT2D eigenvalue weighted by atomic mass is 9.73. The highest BCUT2D eigenvalue weighted by atomic mass is 32.1. The molecular formula is C24H20O4S. The van der Waals surface area contributed by atoms with Crippen LogP contribution in [-0.4, -0.2) is 17.0 Å². The van der Waals surface area contributed by atoms with Crippen molar-refractivity contribution in [1.82, 2.24) is 0 Å². The van der Waals surface area contributed by atoms with Gasteiger partial charge in [0.25, 0.3) is 0 Å². The Hall–Kier alpha value is -3.18. The zero-order valence-electron chi connectivity index (χ0n) is 16.1. The number of carbonyl (C=O) groups excluding carboxylic acids is 1. The monoisotopic (exact) mass is 404 g/mol. The minimum Gasteiger partial charge on any atom is -0.478 e. The van der Waals surface area contributed by atoms with Gasteiger partial charge in [0.1, 0.15) is 5.75 Å². The van der Waals surface area contributed by atoms with Crippen molar-refractivity contribution in [2.75, 3.05) is 0 Å². The van der Waals surface area contributed by atoms with Gasteiger partial charge < -0.3 is 9.84 Å². The summed E-state index contributed by atoms with van der Waals surface area (Å²) in [7, 11) is 0. The van der Waals surface area contributed by atoms with Crippen LogP contribution < -0.4 is 4.74 Å². The van der Waals surface area contributed by atoms with Crippen LogP contribution in [0.5, 0.6) is 5.75 Å². The normalized spacial score (nSPS) is 14.6. The molecule has 1 aliphatic rings. The molecule has 29 heavy (non-hydrogen) atoms. The van der Waals surface area contributed by atoms with Gasteiger partial charge in [0, 0.05) is 4.88 Å². The van der Waals surface area contributed by atoms with Crippen molar-refractivity contribution in [3.8, 4) is 5.75 Å². The van der Waals surface area contributed by atoms with Gasteiger partial charge in [-0.1, -0.05) is 32.1 Å². The number of ether oxygens (including phenoxy) is 1. The molecule has 0 saturated heterocycles. The third kappa shape index (κ3) is 3.74. The second-order valence-electron chi connectivity index (χ2n) is 7.66. The highest BCUT2D eigenvalue weighted by molar-refractivity contribution is 7.11. The molecule has 0 unspecified atom stereocenters. The first kappa shape index (κ1) is 19.2. The van der Waals surface area contributed by atoms with Crippen LogP contribution in [0.15, 0.2) is 66.1 Å². The summed E-state index contributed by atoms with van der Waals surface area (Å²) in [6, 6.07) is 15.6. The average molecular weight is 404 g/mol. The number of carboxylic acids is 1. The van der Waals surface area contributed by atoms with Crippen LogP contribution >= 0.6 is 11.3 Å². The first-order chi connectivity index (χ1) is 13.8. The van der Waals surface area contributed by atoms with E-state index in [2.05, 4.69) is 31.4 Å². The summed E-state index contributed by atoms with van der Waals surface area (Å²) < 4.78 is 5.46. The molecule has 0 aliphatic heterocycles. The van der Waals surface area contributed by atoms with Gasteiger partial charge in [-0.25, -0.2) is 9.59 Å². The number of carbonyl (C=O) groups is 2. The van der Waals surface area contributed by atoms with Crippen molar-refractivity contribution in [3.63, 3.8) is 0 Å². The van der Waals surface area contributed by atoms with E-state index >= 15 is 0 Å². The van der Waals surface area contributed by atoms with E-state index in [0.717, 1.165) is 17.6 Å². The molecule has 1 aromatic heterocycles. The number of esters is 1. The number of fused-ring (bicyclic) bond motifs is 1. The average Bonchev–Trinajstić information content (AvgIpc) is 3.22. The molecular weight excluding hydrogens is 384 g/mol. The minimum atomic E-state index is -1.02. The number of hydrogen-bond donors (Lipinski definition) is 1. The lowest BCUT2D eigenvalue weighted by molar-refractivity contribution is 0.0696. The molecule has 3 aromatic rings. The van der Waals surface area contributed by atoms with Crippen LogP contribution in [0.1, 0.15) is 57.0 Å². The predicted molar refractivity (Wildman–Crippen MR) is 114 cm³/mol. The molecule has 0 saturated carbocycles.